The number of ether oxygens (including phenoxy) is 8. The minimum Gasteiger partial charge on any atom is -0.487 e. The number of amides is 1. The maximum atomic E-state index is 12.5. The molecule has 0 atom stereocenters. The van der Waals surface area contributed by atoms with Crippen molar-refractivity contribution in [3.63, 3.8) is 0 Å². The molecule has 0 heterocycles. The molecule has 0 saturated heterocycles. The highest BCUT2D eigenvalue weighted by atomic mass is 16.6. The summed E-state index contributed by atoms with van der Waals surface area (Å²) in [7, 11) is 3.25. The van der Waals surface area contributed by atoms with Gasteiger partial charge in [0.15, 0.2) is 11.5 Å². The van der Waals surface area contributed by atoms with Crippen molar-refractivity contribution in [1.82, 2.24) is 5.32 Å². The standard InChI is InChI=1S/C33H49NO12/c1-39-11-13-41-15-17-43-19-21-45-30-10-7-28(23-31(30)46-22-20-44-18-16-42-14-12-40-2)4-3-27-5-8-29(9-6-27)32(38)34-33(24-35,25-36)26-37/h3-10,23,35-37H,11-22,24-26H2,1-2H3,(H,34,38). The van der Waals surface area contributed by atoms with E-state index in [1.54, 1.807) is 38.5 Å². The van der Waals surface area contributed by atoms with E-state index in [9.17, 15) is 20.1 Å². The van der Waals surface area contributed by atoms with Crippen LogP contribution < -0.4 is 14.8 Å². The first-order chi connectivity index (χ1) is 22.5. The highest BCUT2D eigenvalue weighted by Gasteiger charge is 2.30. The number of aliphatic hydroxyl groups excluding tert-OH is 3. The van der Waals surface area contributed by atoms with Gasteiger partial charge in [0.25, 0.3) is 5.91 Å². The molecular formula is C33H49NO12. The molecule has 4 N–H and O–H groups in total. The number of benzene rings is 2. The van der Waals surface area contributed by atoms with E-state index >= 15 is 0 Å². The number of rotatable bonds is 27. The van der Waals surface area contributed by atoms with Gasteiger partial charge in [-0.05, 0) is 35.4 Å². The van der Waals surface area contributed by atoms with Gasteiger partial charge in [0, 0.05) is 19.8 Å². The molecule has 0 unspecified atom stereocenters. The summed E-state index contributed by atoms with van der Waals surface area (Å²) in [6.07, 6.45) is 3.79. The molecular weight excluding hydrogens is 602 g/mol. The summed E-state index contributed by atoms with van der Waals surface area (Å²) in [5, 5.41) is 30.9. The number of hydrogen-bond acceptors (Lipinski definition) is 12. The number of methoxy groups -OCH3 is 2. The molecule has 13 nitrogen and oxygen atoms in total. The first kappa shape index (κ1) is 39.1. The van der Waals surface area contributed by atoms with Crippen LogP contribution in [0.25, 0.3) is 12.2 Å². The van der Waals surface area contributed by atoms with Gasteiger partial charge in [0.1, 0.15) is 18.8 Å². The highest BCUT2D eigenvalue weighted by Crippen LogP contribution is 2.29. The summed E-state index contributed by atoms with van der Waals surface area (Å²) in [4.78, 5) is 12.5. The van der Waals surface area contributed by atoms with Crippen molar-refractivity contribution >= 4 is 18.1 Å². The maximum absolute atomic E-state index is 12.5. The summed E-state index contributed by atoms with van der Waals surface area (Å²) >= 11 is 0. The van der Waals surface area contributed by atoms with E-state index in [0.29, 0.717) is 96.3 Å². The summed E-state index contributed by atoms with van der Waals surface area (Å²) in [6, 6.07) is 12.4. The lowest BCUT2D eigenvalue weighted by Gasteiger charge is -2.28. The van der Waals surface area contributed by atoms with Crippen molar-refractivity contribution in [2.45, 2.75) is 5.54 Å². The quantitative estimate of drug-likeness (QED) is 0.0813. The minimum absolute atomic E-state index is 0.310. The fraction of sp³-hybridized carbons (Fsp3) is 0.545. The van der Waals surface area contributed by atoms with Gasteiger partial charge in [0.05, 0.1) is 85.9 Å². The molecule has 2 aromatic carbocycles. The molecule has 0 radical (unpaired) electrons. The van der Waals surface area contributed by atoms with Crippen molar-refractivity contribution in [2.24, 2.45) is 0 Å². The van der Waals surface area contributed by atoms with E-state index in [0.717, 1.165) is 11.1 Å². The molecule has 0 bridgehead atoms. The zero-order valence-corrected chi connectivity index (χ0v) is 26.8. The zero-order valence-electron chi connectivity index (χ0n) is 26.8. The summed E-state index contributed by atoms with van der Waals surface area (Å²) in [5.41, 5.74) is 0.517. The molecule has 13 heteroatoms. The Morgan fingerprint density at radius 2 is 1.04 bits per heavy atom. The van der Waals surface area contributed by atoms with Crippen molar-refractivity contribution in [1.29, 1.82) is 0 Å². The molecule has 0 spiro atoms. The lowest BCUT2D eigenvalue weighted by atomic mass is 10.0. The molecule has 0 fully saturated rings. The molecule has 2 rings (SSSR count). The van der Waals surface area contributed by atoms with Gasteiger partial charge in [-0.25, -0.2) is 0 Å². The van der Waals surface area contributed by atoms with Crippen molar-refractivity contribution in [3.8, 4) is 11.5 Å². The van der Waals surface area contributed by atoms with E-state index in [-0.39, 0.29) is 0 Å². The lowest BCUT2D eigenvalue weighted by Crippen LogP contribution is -2.57. The SMILES string of the molecule is COCCOCCOCCOc1ccc(C=Cc2ccc(C(=O)NC(CO)(CO)CO)cc2)cc1OCCOCCOCCOC. The molecule has 0 aromatic heterocycles. The Balaban J connectivity index is 1.97. The fourth-order valence-electron chi connectivity index (χ4n) is 3.73. The summed E-state index contributed by atoms with van der Waals surface area (Å²) in [6.45, 7) is 3.55. The molecule has 0 aliphatic rings. The topological polar surface area (TPSA) is 164 Å². The van der Waals surface area contributed by atoms with Crippen LogP contribution in [0.1, 0.15) is 21.5 Å². The second-order valence-electron chi connectivity index (χ2n) is 10.0. The number of carbonyl (C=O) groups excluding carboxylic acids is 1. The molecule has 0 aliphatic carbocycles. The van der Waals surface area contributed by atoms with E-state index in [2.05, 4.69) is 5.32 Å². The smallest absolute Gasteiger partial charge is 0.251 e. The predicted molar refractivity (Wildman–Crippen MR) is 171 cm³/mol. The summed E-state index contributed by atoms with van der Waals surface area (Å²) in [5.74, 6) is 0.602. The normalized spacial score (nSPS) is 11.7. The average Bonchev–Trinajstić information content (AvgIpc) is 3.09. The van der Waals surface area contributed by atoms with Crippen LogP contribution in [0.2, 0.25) is 0 Å². The fourth-order valence-corrected chi connectivity index (χ4v) is 3.73. The Bertz CT molecular complexity index is 1100. The van der Waals surface area contributed by atoms with Crippen molar-refractivity contribution < 1.29 is 58.0 Å². The van der Waals surface area contributed by atoms with E-state index in [1.807, 2.05) is 30.4 Å². The van der Waals surface area contributed by atoms with Crippen LogP contribution in [0.15, 0.2) is 42.5 Å². The van der Waals surface area contributed by atoms with Gasteiger partial charge in [0.2, 0.25) is 0 Å². The van der Waals surface area contributed by atoms with Crippen LogP contribution >= 0.6 is 0 Å². The van der Waals surface area contributed by atoms with Crippen molar-refractivity contribution in [2.75, 3.05) is 113 Å². The molecule has 0 aliphatic heterocycles. The first-order valence-electron chi connectivity index (χ1n) is 15.1. The average molecular weight is 652 g/mol. The van der Waals surface area contributed by atoms with E-state index < -0.39 is 31.3 Å². The number of carbonyl (C=O) groups is 1. The van der Waals surface area contributed by atoms with Crippen LogP contribution in [-0.2, 0) is 28.4 Å². The number of nitrogens with one attached hydrogen (secondary N) is 1. The third-order valence-electron chi connectivity index (χ3n) is 6.47. The molecule has 0 saturated carbocycles. The van der Waals surface area contributed by atoms with Crippen LogP contribution in [0.3, 0.4) is 0 Å². The Hall–Kier alpha value is -3.11. The van der Waals surface area contributed by atoms with Gasteiger partial charge < -0.3 is 58.5 Å². The van der Waals surface area contributed by atoms with E-state index in [4.69, 9.17) is 37.9 Å². The Morgan fingerprint density at radius 3 is 1.54 bits per heavy atom. The third kappa shape index (κ3) is 15.5. The lowest BCUT2D eigenvalue weighted by molar-refractivity contribution is 0.0160. The van der Waals surface area contributed by atoms with E-state index in [1.165, 1.54) is 0 Å². The molecule has 1 amide bonds. The third-order valence-corrected chi connectivity index (χ3v) is 6.47. The van der Waals surface area contributed by atoms with Crippen LogP contribution in [-0.4, -0.2) is 140 Å². The van der Waals surface area contributed by atoms with Gasteiger partial charge in [-0.2, -0.15) is 0 Å². The number of aliphatic hydroxyl groups is 3. The minimum atomic E-state index is -1.50. The van der Waals surface area contributed by atoms with Crippen LogP contribution in [0.4, 0.5) is 0 Å². The Labute approximate surface area is 270 Å². The van der Waals surface area contributed by atoms with Crippen molar-refractivity contribution in [3.05, 3.63) is 59.2 Å². The maximum Gasteiger partial charge on any atom is 0.251 e. The highest BCUT2D eigenvalue weighted by molar-refractivity contribution is 5.95. The van der Waals surface area contributed by atoms with Gasteiger partial charge >= 0.3 is 0 Å². The second kappa shape index (κ2) is 24.1. The number of hydrogen-bond donors (Lipinski definition) is 4. The van der Waals surface area contributed by atoms with Gasteiger partial charge in [-0.15, -0.1) is 0 Å². The first-order valence-corrected chi connectivity index (χ1v) is 15.1. The molecule has 258 valence electrons. The predicted octanol–water partition coefficient (Wildman–Crippen LogP) is 1.42. The van der Waals surface area contributed by atoms with Gasteiger partial charge in [-0.1, -0.05) is 30.4 Å². The van der Waals surface area contributed by atoms with Crippen LogP contribution in [0, 0.1) is 0 Å². The second-order valence-corrected chi connectivity index (χ2v) is 10.0. The molecule has 46 heavy (non-hydrogen) atoms. The zero-order chi connectivity index (χ0) is 33.3. The summed E-state index contributed by atoms with van der Waals surface area (Å²) < 4.78 is 43.8. The molecule has 2 aromatic rings. The van der Waals surface area contributed by atoms with Gasteiger partial charge in [-0.3, -0.25) is 4.79 Å². The van der Waals surface area contributed by atoms with Crippen LogP contribution in [0.5, 0.6) is 11.5 Å². The monoisotopic (exact) mass is 651 g/mol. The largest absolute Gasteiger partial charge is 0.487 e. The Kier molecular flexibility index (Phi) is 20.5. The Morgan fingerprint density at radius 1 is 0.609 bits per heavy atom.